The SMILES string of the molecule is CNc1ccccc1OCCC=O. The summed E-state index contributed by atoms with van der Waals surface area (Å²) in [6.07, 6.45) is 1.28. The molecule has 13 heavy (non-hydrogen) atoms. The summed E-state index contributed by atoms with van der Waals surface area (Å²) in [7, 11) is 1.84. The number of rotatable bonds is 5. The molecule has 1 rings (SSSR count). The van der Waals surface area contributed by atoms with E-state index in [2.05, 4.69) is 5.32 Å². The van der Waals surface area contributed by atoms with Crippen LogP contribution in [0.1, 0.15) is 6.42 Å². The molecule has 0 aliphatic heterocycles. The number of para-hydroxylation sites is 2. The summed E-state index contributed by atoms with van der Waals surface area (Å²) in [4.78, 5) is 10.1. The largest absolute Gasteiger partial charge is 0.491 e. The molecule has 3 heteroatoms. The summed E-state index contributed by atoms with van der Waals surface area (Å²) in [5.41, 5.74) is 0.938. The highest BCUT2D eigenvalue weighted by Crippen LogP contribution is 2.22. The van der Waals surface area contributed by atoms with Crippen LogP contribution in [0.5, 0.6) is 5.75 Å². The Balaban J connectivity index is 2.58. The first kappa shape index (κ1) is 9.58. The van der Waals surface area contributed by atoms with Gasteiger partial charge in [0.2, 0.25) is 0 Å². The second-order valence-electron chi connectivity index (χ2n) is 2.55. The van der Waals surface area contributed by atoms with Gasteiger partial charge >= 0.3 is 0 Å². The lowest BCUT2D eigenvalue weighted by Crippen LogP contribution is -2.00. The Morgan fingerprint density at radius 1 is 1.46 bits per heavy atom. The smallest absolute Gasteiger partial charge is 0.142 e. The lowest BCUT2D eigenvalue weighted by Gasteiger charge is -2.09. The highest BCUT2D eigenvalue weighted by molar-refractivity contribution is 5.56. The second-order valence-corrected chi connectivity index (χ2v) is 2.55. The molecule has 0 atom stereocenters. The van der Waals surface area contributed by atoms with Crippen LogP contribution in [0.15, 0.2) is 24.3 Å². The zero-order valence-corrected chi connectivity index (χ0v) is 7.62. The predicted molar refractivity (Wildman–Crippen MR) is 52.2 cm³/mol. The number of ether oxygens (including phenoxy) is 1. The van der Waals surface area contributed by atoms with Gasteiger partial charge in [-0.1, -0.05) is 12.1 Å². The summed E-state index contributed by atoms with van der Waals surface area (Å²) in [5, 5.41) is 3.01. The van der Waals surface area contributed by atoms with Gasteiger partial charge in [0.1, 0.15) is 12.0 Å². The number of nitrogens with one attached hydrogen (secondary N) is 1. The van der Waals surface area contributed by atoms with Crippen LogP contribution in [0.2, 0.25) is 0 Å². The van der Waals surface area contributed by atoms with E-state index in [9.17, 15) is 4.79 Å². The summed E-state index contributed by atoms with van der Waals surface area (Å²) in [5.74, 6) is 0.784. The fourth-order valence-corrected chi connectivity index (χ4v) is 1.02. The molecule has 0 spiro atoms. The minimum absolute atomic E-state index is 0.429. The van der Waals surface area contributed by atoms with Crippen molar-refractivity contribution >= 4 is 12.0 Å². The van der Waals surface area contributed by atoms with E-state index in [1.807, 2.05) is 31.3 Å². The van der Waals surface area contributed by atoms with Crippen LogP contribution in [-0.4, -0.2) is 19.9 Å². The third-order valence-electron chi connectivity index (χ3n) is 1.65. The van der Waals surface area contributed by atoms with Gasteiger partial charge < -0.3 is 14.8 Å². The lowest BCUT2D eigenvalue weighted by molar-refractivity contribution is -0.108. The average molecular weight is 179 g/mol. The van der Waals surface area contributed by atoms with Gasteiger partial charge in [-0.2, -0.15) is 0 Å². The Hall–Kier alpha value is -1.51. The molecule has 3 nitrogen and oxygen atoms in total. The van der Waals surface area contributed by atoms with Crippen LogP contribution in [-0.2, 0) is 4.79 Å². The summed E-state index contributed by atoms with van der Waals surface area (Å²) in [6, 6.07) is 7.63. The molecule has 70 valence electrons. The van der Waals surface area contributed by atoms with E-state index in [0.29, 0.717) is 13.0 Å². The van der Waals surface area contributed by atoms with E-state index >= 15 is 0 Å². The molecule has 0 unspecified atom stereocenters. The molecule has 0 aliphatic carbocycles. The van der Waals surface area contributed by atoms with Crippen LogP contribution >= 0.6 is 0 Å². The van der Waals surface area contributed by atoms with Gasteiger partial charge in [0.05, 0.1) is 12.3 Å². The Kier molecular flexibility index (Phi) is 3.82. The molecule has 0 amide bonds. The average Bonchev–Trinajstić information content (AvgIpc) is 2.19. The first-order valence-electron chi connectivity index (χ1n) is 4.21. The monoisotopic (exact) mass is 179 g/mol. The van der Waals surface area contributed by atoms with E-state index in [0.717, 1.165) is 17.7 Å². The van der Waals surface area contributed by atoms with Gasteiger partial charge in [0.25, 0.3) is 0 Å². The quantitative estimate of drug-likeness (QED) is 0.552. The molecular weight excluding hydrogens is 166 g/mol. The molecule has 0 fully saturated rings. The normalized spacial score (nSPS) is 9.31. The maximum atomic E-state index is 10.1. The van der Waals surface area contributed by atoms with Crippen LogP contribution in [0.4, 0.5) is 5.69 Å². The number of carbonyl (C=O) groups excluding carboxylic acids is 1. The summed E-state index contributed by atoms with van der Waals surface area (Å²) in [6.45, 7) is 0.433. The van der Waals surface area contributed by atoms with E-state index in [1.54, 1.807) is 0 Å². The molecule has 1 aromatic rings. The van der Waals surface area contributed by atoms with Crippen molar-refractivity contribution in [1.82, 2.24) is 0 Å². The number of hydrogen-bond acceptors (Lipinski definition) is 3. The Morgan fingerprint density at radius 2 is 2.23 bits per heavy atom. The summed E-state index contributed by atoms with van der Waals surface area (Å²) < 4.78 is 5.37. The Morgan fingerprint density at radius 3 is 2.92 bits per heavy atom. The zero-order chi connectivity index (χ0) is 9.52. The van der Waals surface area contributed by atoms with Gasteiger partial charge in [-0.15, -0.1) is 0 Å². The van der Waals surface area contributed by atoms with Crippen molar-refractivity contribution in [2.45, 2.75) is 6.42 Å². The minimum Gasteiger partial charge on any atom is -0.491 e. The number of aldehydes is 1. The van der Waals surface area contributed by atoms with E-state index < -0.39 is 0 Å². The van der Waals surface area contributed by atoms with Crippen molar-refractivity contribution in [1.29, 1.82) is 0 Å². The van der Waals surface area contributed by atoms with Crippen LogP contribution < -0.4 is 10.1 Å². The molecule has 0 saturated heterocycles. The number of hydrogen-bond donors (Lipinski definition) is 1. The molecule has 0 saturated carbocycles. The maximum absolute atomic E-state index is 10.1. The van der Waals surface area contributed by atoms with Gasteiger partial charge in [-0.3, -0.25) is 0 Å². The van der Waals surface area contributed by atoms with Crippen molar-refractivity contribution in [3.8, 4) is 5.75 Å². The highest BCUT2D eigenvalue weighted by atomic mass is 16.5. The summed E-state index contributed by atoms with van der Waals surface area (Å²) >= 11 is 0. The van der Waals surface area contributed by atoms with Crippen molar-refractivity contribution < 1.29 is 9.53 Å². The lowest BCUT2D eigenvalue weighted by atomic mass is 10.3. The fraction of sp³-hybridized carbons (Fsp3) is 0.300. The van der Waals surface area contributed by atoms with E-state index in [1.165, 1.54) is 0 Å². The third kappa shape index (κ3) is 2.78. The molecule has 1 N–H and O–H groups in total. The van der Waals surface area contributed by atoms with Gasteiger partial charge in [0, 0.05) is 13.5 Å². The number of carbonyl (C=O) groups is 1. The van der Waals surface area contributed by atoms with Gasteiger partial charge in [-0.25, -0.2) is 0 Å². The first-order valence-corrected chi connectivity index (χ1v) is 4.21. The van der Waals surface area contributed by atoms with Crippen molar-refractivity contribution in [2.75, 3.05) is 19.0 Å². The Bertz CT molecular complexity index is 273. The molecule has 0 radical (unpaired) electrons. The molecule has 0 aromatic heterocycles. The molecule has 1 aromatic carbocycles. The van der Waals surface area contributed by atoms with Gasteiger partial charge in [-0.05, 0) is 12.1 Å². The van der Waals surface area contributed by atoms with Crippen molar-refractivity contribution in [2.24, 2.45) is 0 Å². The van der Waals surface area contributed by atoms with Crippen molar-refractivity contribution in [3.63, 3.8) is 0 Å². The third-order valence-corrected chi connectivity index (χ3v) is 1.65. The minimum atomic E-state index is 0.429. The van der Waals surface area contributed by atoms with Crippen LogP contribution in [0, 0.1) is 0 Å². The second kappa shape index (κ2) is 5.19. The van der Waals surface area contributed by atoms with Crippen LogP contribution in [0.3, 0.4) is 0 Å². The van der Waals surface area contributed by atoms with Crippen molar-refractivity contribution in [3.05, 3.63) is 24.3 Å². The van der Waals surface area contributed by atoms with E-state index in [-0.39, 0.29) is 0 Å². The number of anilines is 1. The predicted octanol–water partition coefficient (Wildman–Crippen LogP) is 1.70. The highest BCUT2D eigenvalue weighted by Gasteiger charge is 1.98. The van der Waals surface area contributed by atoms with Gasteiger partial charge in [0.15, 0.2) is 0 Å². The fourth-order valence-electron chi connectivity index (χ4n) is 1.02. The zero-order valence-electron chi connectivity index (χ0n) is 7.62. The molecule has 0 bridgehead atoms. The Labute approximate surface area is 77.7 Å². The molecule has 0 aliphatic rings. The molecular formula is C10H13NO2. The maximum Gasteiger partial charge on any atom is 0.142 e. The molecule has 0 heterocycles. The van der Waals surface area contributed by atoms with E-state index in [4.69, 9.17) is 4.74 Å². The topological polar surface area (TPSA) is 38.3 Å². The number of benzene rings is 1. The standard InChI is InChI=1S/C10H13NO2/c1-11-9-5-2-3-6-10(9)13-8-4-7-12/h2-3,5-7,11H,4,8H2,1H3. The van der Waals surface area contributed by atoms with Crippen LogP contribution in [0.25, 0.3) is 0 Å². The first-order chi connectivity index (χ1) is 6.38.